The van der Waals surface area contributed by atoms with E-state index >= 15 is 0 Å². The summed E-state index contributed by atoms with van der Waals surface area (Å²) in [5, 5.41) is 4.59. The highest BCUT2D eigenvalue weighted by atomic mass is 32.2. The predicted molar refractivity (Wildman–Crippen MR) is 79.7 cm³/mol. The fourth-order valence-electron chi connectivity index (χ4n) is 2.35. The Morgan fingerprint density at radius 1 is 1.33 bits per heavy atom. The molecule has 100 valence electrons. The van der Waals surface area contributed by atoms with Gasteiger partial charge in [0.2, 0.25) is 0 Å². The molecule has 2 atom stereocenters. The van der Waals surface area contributed by atoms with Crippen LogP contribution in [0.5, 0.6) is 0 Å². The molecule has 5 heteroatoms. The van der Waals surface area contributed by atoms with Gasteiger partial charge in [0.25, 0.3) is 0 Å². The van der Waals surface area contributed by atoms with Gasteiger partial charge in [-0.3, -0.25) is 0 Å². The van der Waals surface area contributed by atoms with Crippen LogP contribution in [0.4, 0.5) is 11.6 Å². The fraction of sp³-hybridized carbons (Fsp3) is 0.692. The Hall–Kier alpha value is -0.970. The summed E-state index contributed by atoms with van der Waals surface area (Å²) >= 11 is 2.06. The maximum Gasteiger partial charge on any atom is 0.134 e. The molecule has 2 unspecified atom stereocenters. The molecular formula is C13H22N4S. The molecule has 0 bridgehead atoms. The molecule has 1 saturated heterocycles. The molecule has 1 aromatic rings. The zero-order chi connectivity index (χ0) is 13.1. The van der Waals surface area contributed by atoms with E-state index in [9.17, 15) is 0 Å². The van der Waals surface area contributed by atoms with Gasteiger partial charge in [0.05, 0.1) is 0 Å². The Labute approximate surface area is 114 Å². The lowest BCUT2D eigenvalue weighted by Gasteiger charge is -2.35. The van der Waals surface area contributed by atoms with Gasteiger partial charge in [-0.25, -0.2) is 9.97 Å². The van der Waals surface area contributed by atoms with Crippen molar-refractivity contribution < 1.29 is 0 Å². The minimum absolute atomic E-state index is 0.659. The molecule has 1 aliphatic heterocycles. The molecule has 0 saturated carbocycles. The first kappa shape index (κ1) is 13.5. The van der Waals surface area contributed by atoms with Crippen LogP contribution in [-0.4, -0.2) is 40.1 Å². The molecule has 1 aromatic heterocycles. The normalized spacial score (nSPS) is 24.1. The molecule has 18 heavy (non-hydrogen) atoms. The summed E-state index contributed by atoms with van der Waals surface area (Å²) in [4.78, 5) is 11.4. The van der Waals surface area contributed by atoms with Crippen molar-refractivity contribution in [3.05, 3.63) is 11.9 Å². The number of nitrogens with one attached hydrogen (secondary N) is 1. The van der Waals surface area contributed by atoms with E-state index in [1.807, 2.05) is 6.92 Å². The van der Waals surface area contributed by atoms with Gasteiger partial charge in [-0.2, -0.15) is 11.8 Å². The quantitative estimate of drug-likeness (QED) is 0.910. The Morgan fingerprint density at radius 3 is 2.61 bits per heavy atom. The van der Waals surface area contributed by atoms with Crippen molar-refractivity contribution in [1.29, 1.82) is 0 Å². The summed E-state index contributed by atoms with van der Waals surface area (Å²) in [5.41, 5.74) is 0. The summed E-state index contributed by atoms with van der Waals surface area (Å²) in [6.07, 6.45) is 0. The molecule has 0 amide bonds. The van der Waals surface area contributed by atoms with Crippen LogP contribution in [0.2, 0.25) is 0 Å². The first-order valence-corrected chi connectivity index (χ1v) is 7.52. The van der Waals surface area contributed by atoms with Crippen molar-refractivity contribution >= 4 is 23.4 Å². The summed E-state index contributed by atoms with van der Waals surface area (Å²) in [5.74, 6) is 2.82. The van der Waals surface area contributed by atoms with Crippen LogP contribution in [0.25, 0.3) is 0 Å². The van der Waals surface area contributed by atoms with Gasteiger partial charge in [0.1, 0.15) is 17.5 Å². The molecule has 1 aliphatic rings. The molecule has 0 aliphatic carbocycles. The van der Waals surface area contributed by atoms with Gasteiger partial charge in [-0.1, -0.05) is 13.8 Å². The molecular weight excluding hydrogens is 244 g/mol. The summed E-state index contributed by atoms with van der Waals surface area (Å²) < 4.78 is 0. The first-order chi connectivity index (χ1) is 8.58. The van der Waals surface area contributed by atoms with Gasteiger partial charge in [-0.15, -0.1) is 0 Å². The number of aromatic nitrogens is 2. The van der Waals surface area contributed by atoms with Crippen LogP contribution in [-0.2, 0) is 0 Å². The van der Waals surface area contributed by atoms with Crippen molar-refractivity contribution in [2.75, 3.05) is 29.9 Å². The average molecular weight is 266 g/mol. The van der Waals surface area contributed by atoms with Crippen LogP contribution in [0.1, 0.15) is 26.6 Å². The lowest BCUT2D eigenvalue weighted by atomic mass is 10.3. The number of nitrogens with zero attached hydrogens (tertiary/aromatic N) is 3. The Bertz CT molecular complexity index is 400. The van der Waals surface area contributed by atoms with E-state index in [4.69, 9.17) is 0 Å². The number of hydrogen-bond donors (Lipinski definition) is 1. The summed E-state index contributed by atoms with van der Waals surface area (Å²) in [6.45, 7) is 11.6. The highest BCUT2D eigenvalue weighted by molar-refractivity contribution is 8.00. The molecule has 2 heterocycles. The van der Waals surface area contributed by atoms with Crippen molar-refractivity contribution in [1.82, 2.24) is 9.97 Å². The number of thioether (sulfide) groups is 1. The number of hydrogen-bond acceptors (Lipinski definition) is 5. The van der Waals surface area contributed by atoms with Crippen molar-refractivity contribution in [3.63, 3.8) is 0 Å². The van der Waals surface area contributed by atoms with Gasteiger partial charge in [-0.05, 0) is 13.8 Å². The highest BCUT2D eigenvalue weighted by Crippen LogP contribution is 2.28. The largest absolute Gasteiger partial charge is 0.370 e. The molecule has 1 N–H and O–H groups in total. The van der Waals surface area contributed by atoms with Crippen LogP contribution >= 0.6 is 11.8 Å². The zero-order valence-electron chi connectivity index (χ0n) is 11.6. The van der Waals surface area contributed by atoms with E-state index in [1.54, 1.807) is 0 Å². The van der Waals surface area contributed by atoms with Crippen molar-refractivity contribution in [3.8, 4) is 0 Å². The lowest BCUT2D eigenvalue weighted by Crippen LogP contribution is -2.41. The maximum atomic E-state index is 4.57. The van der Waals surface area contributed by atoms with E-state index in [1.165, 1.54) is 0 Å². The molecule has 1 fully saturated rings. The van der Waals surface area contributed by atoms with Crippen molar-refractivity contribution in [2.24, 2.45) is 0 Å². The van der Waals surface area contributed by atoms with Gasteiger partial charge in [0.15, 0.2) is 0 Å². The molecule has 0 radical (unpaired) electrons. The summed E-state index contributed by atoms with van der Waals surface area (Å²) in [6, 6.07) is 2.06. The van der Waals surface area contributed by atoms with Gasteiger partial charge in [0, 0.05) is 36.2 Å². The van der Waals surface area contributed by atoms with Gasteiger partial charge >= 0.3 is 0 Å². The van der Waals surface area contributed by atoms with Crippen LogP contribution in [0.3, 0.4) is 0 Å². The molecule has 0 aromatic carbocycles. The Morgan fingerprint density at radius 2 is 2.00 bits per heavy atom. The maximum absolute atomic E-state index is 4.57. The first-order valence-electron chi connectivity index (χ1n) is 6.58. The van der Waals surface area contributed by atoms with Gasteiger partial charge < -0.3 is 10.2 Å². The third kappa shape index (κ3) is 3.28. The minimum Gasteiger partial charge on any atom is -0.370 e. The third-order valence-corrected chi connectivity index (χ3v) is 4.15. The zero-order valence-corrected chi connectivity index (χ0v) is 12.4. The molecule has 4 nitrogen and oxygen atoms in total. The predicted octanol–water partition coefficient (Wildman–Crippen LogP) is 2.55. The second-order valence-corrected chi connectivity index (χ2v) is 6.73. The minimum atomic E-state index is 0.659. The van der Waals surface area contributed by atoms with E-state index in [0.717, 1.165) is 37.1 Å². The standard InChI is InChI=1S/C13H22N4S/c1-5-14-12-6-13(16-11(4)15-12)17-7-9(2)18-10(3)8-17/h6,9-10H,5,7-8H2,1-4H3,(H,14,15,16). The Kier molecular flexibility index (Phi) is 4.32. The topological polar surface area (TPSA) is 41.0 Å². The summed E-state index contributed by atoms with van der Waals surface area (Å²) in [7, 11) is 0. The fourth-order valence-corrected chi connectivity index (χ4v) is 3.68. The van der Waals surface area contributed by atoms with Crippen LogP contribution < -0.4 is 10.2 Å². The van der Waals surface area contributed by atoms with E-state index < -0.39 is 0 Å². The third-order valence-electron chi connectivity index (χ3n) is 2.93. The van der Waals surface area contributed by atoms with E-state index in [0.29, 0.717) is 10.5 Å². The molecule has 0 spiro atoms. The van der Waals surface area contributed by atoms with Crippen molar-refractivity contribution in [2.45, 2.75) is 38.2 Å². The van der Waals surface area contributed by atoms with E-state index in [-0.39, 0.29) is 0 Å². The highest BCUT2D eigenvalue weighted by Gasteiger charge is 2.23. The SMILES string of the molecule is CCNc1cc(N2CC(C)SC(C)C2)nc(C)n1. The number of rotatable bonds is 3. The number of aryl methyl sites for hydroxylation is 1. The molecule has 2 rings (SSSR count). The second-order valence-electron chi connectivity index (χ2n) is 4.85. The van der Waals surface area contributed by atoms with Crippen LogP contribution in [0.15, 0.2) is 6.07 Å². The number of anilines is 2. The average Bonchev–Trinajstić information content (AvgIpc) is 2.27. The monoisotopic (exact) mass is 266 g/mol. The lowest BCUT2D eigenvalue weighted by molar-refractivity contribution is 0.715. The van der Waals surface area contributed by atoms with E-state index in [2.05, 4.69) is 58.8 Å². The Balaban J connectivity index is 2.21. The smallest absolute Gasteiger partial charge is 0.134 e. The second kappa shape index (κ2) is 5.78. The van der Waals surface area contributed by atoms with Crippen LogP contribution in [0, 0.1) is 6.92 Å².